The lowest BCUT2D eigenvalue weighted by atomic mass is 9.95. The summed E-state index contributed by atoms with van der Waals surface area (Å²) < 4.78 is 45.1. The lowest BCUT2D eigenvalue weighted by molar-refractivity contribution is -0.132. The summed E-state index contributed by atoms with van der Waals surface area (Å²) in [6.45, 7) is 4.26. The minimum Gasteiger partial charge on any atom is -0.467 e. The number of benzene rings is 1. The van der Waals surface area contributed by atoms with E-state index in [0.29, 0.717) is 18.6 Å². The van der Waals surface area contributed by atoms with Crippen molar-refractivity contribution in [2.75, 3.05) is 13.1 Å². The molecule has 174 valence electrons. The lowest BCUT2D eigenvalue weighted by Gasteiger charge is -2.32. The van der Waals surface area contributed by atoms with Crippen LogP contribution in [0, 0.1) is 17.7 Å². The third-order valence-corrected chi connectivity index (χ3v) is 7.45. The van der Waals surface area contributed by atoms with Crippen LogP contribution < -0.4 is 10.6 Å². The Morgan fingerprint density at radius 2 is 1.81 bits per heavy atom. The van der Waals surface area contributed by atoms with Crippen LogP contribution in [0.1, 0.15) is 32.4 Å². The van der Waals surface area contributed by atoms with Gasteiger partial charge in [0.2, 0.25) is 21.8 Å². The number of hydrogen-bond acceptors (Lipinski definition) is 5. The van der Waals surface area contributed by atoms with E-state index >= 15 is 0 Å². The number of rotatable bonds is 8. The van der Waals surface area contributed by atoms with E-state index in [1.807, 2.05) is 13.8 Å². The number of amides is 2. The van der Waals surface area contributed by atoms with E-state index < -0.39 is 27.8 Å². The Balaban J connectivity index is 1.55. The van der Waals surface area contributed by atoms with Gasteiger partial charge in [0.25, 0.3) is 0 Å². The number of carbonyl (C=O) groups excluding carboxylic acids is 2. The third-order valence-electron chi connectivity index (χ3n) is 5.54. The highest BCUT2D eigenvalue weighted by atomic mass is 32.2. The summed E-state index contributed by atoms with van der Waals surface area (Å²) in [5.74, 6) is -0.991. The number of sulfonamides is 1. The van der Waals surface area contributed by atoms with Gasteiger partial charge in [0.15, 0.2) is 0 Å². The lowest BCUT2D eigenvalue weighted by Crippen LogP contribution is -2.52. The molecule has 1 aromatic carbocycles. The van der Waals surface area contributed by atoms with Gasteiger partial charge < -0.3 is 15.1 Å². The van der Waals surface area contributed by atoms with E-state index in [1.54, 1.807) is 12.1 Å². The van der Waals surface area contributed by atoms with Gasteiger partial charge in [-0.3, -0.25) is 9.59 Å². The van der Waals surface area contributed by atoms with Gasteiger partial charge in [0.05, 0.1) is 17.7 Å². The molecule has 0 unspecified atom stereocenters. The van der Waals surface area contributed by atoms with Gasteiger partial charge in [0, 0.05) is 19.0 Å². The number of nitrogens with zero attached hydrogens (tertiary/aromatic N) is 1. The predicted molar refractivity (Wildman–Crippen MR) is 115 cm³/mol. The molecule has 2 aromatic rings. The summed E-state index contributed by atoms with van der Waals surface area (Å²) in [4.78, 5) is 25.4. The fourth-order valence-electron chi connectivity index (χ4n) is 3.62. The zero-order chi connectivity index (χ0) is 23.3. The number of halogens is 1. The predicted octanol–water partition coefficient (Wildman–Crippen LogP) is 2.28. The smallest absolute Gasteiger partial charge is 0.243 e. The SMILES string of the molecule is CC(C)[C@H](NC(=O)C1CCN(S(=O)(=O)c2ccc(F)cc2)CC1)C(=O)NCc1ccco1. The van der Waals surface area contributed by atoms with Crippen molar-refractivity contribution in [2.45, 2.75) is 44.2 Å². The first-order valence-electron chi connectivity index (χ1n) is 10.5. The maximum Gasteiger partial charge on any atom is 0.243 e. The molecule has 1 saturated heterocycles. The van der Waals surface area contributed by atoms with Crippen LogP contribution in [0.2, 0.25) is 0 Å². The number of nitrogens with one attached hydrogen (secondary N) is 2. The largest absolute Gasteiger partial charge is 0.467 e. The highest BCUT2D eigenvalue weighted by Crippen LogP contribution is 2.24. The van der Waals surface area contributed by atoms with Gasteiger partial charge >= 0.3 is 0 Å². The quantitative estimate of drug-likeness (QED) is 0.622. The molecule has 0 aliphatic carbocycles. The van der Waals surface area contributed by atoms with E-state index in [4.69, 9.17) is 4.42 Å². The van der Waals surface area contributed by atoms with Crippen LogP contribution in [0.3, 0.4) is 0 Å². The van der Waals surface area contributed by atoms with Crippen molar-refractivity contribution in [3.8, 4) is 0 Å². The summed E-state index contributed by atoms with van der Waals surface area (Å²) in [5.41, 5.74) is 0. The molecule has 2 amide bonds. The zero-order valence-electron chi connectivity index (χ0n) is 18.1. The van der Waals surface area contributed by atoms with Crippen LogP contribution in [0.5, 0.6) is 0 Å². The van der Waals surface area contributed by atoms with Crippen molar-refractivity contribution in [1.29, 1.82) is 0 Å². The first kappa shape index (κ1) is 23.9. The summed E-state index contributed by atoms with van der Waals surface area (Å²) in [5, 5.41) is 5.58. The van der Waals surface area contributed by atoms with Crippen LogP contribution in [0.25, 0.3) is 0 Å². The van der Waals surface area contributed by atoms with Gasteiger partial charge in [-0.15, -0.1) is 0 Å². The standard InChI is InChI=1S/C22H28FN3O5S/c1-15(2)20(22(28)24-14-18-4-3-13-31-18)25-21(27)16-9-11-26(12-10-16)32(29,30)19-7-5-17(23)6-8-19/h3-8,13,15-16,20H,9-12,14H2,1-2H3,(H,24,28)(H,25,27)/t20-/m0/s1. The number of carbonyl (C=O) groups is 2. The average Bonchev–Trinajstić information content (AvgIpc) is 3.29. The van der Waals surface area contributed by atoms with Crippen molar-refractivity contribution >= 4 is 21.8 Å². The molecule has 1 aromatic heterocycles. The average molecular weight is 466 g/mol. The van der Waals surface area contributed by atoms with Crippen LogP contribution in [-0.2, 0) is 26.2 Å². The van der Waals surface area contributed by atoms with Gasteiger partial charge in [-0.2, -0.15) is 4.31 Å². The first-order chi connectivity index (χ1) is 15.2. The minimum atomic E-state index is -3.74. The highest BCUT2D eigenvalue weighted by molar-refractivity contribution is 7.89. The molecule has 1 atom stereocenters. The van der Waals surface area contributed by atoms with E-state index in [2.05, 4.69) is 10.6 Å². The van der Waals surface area contributed by atoms with Crippen molar-refractivity contribution in [2.24, 2.45) is 11.8 Å². The summed E-state index contributed by atoms with van der Waals surface area (Å²) >= 11 is 0. The molecule has 0 bridgehead atoms. The molecule has 1 fully saturated rings. The minimum absolute atomic E-state index is 0.0231. The highest BCUT2D eigenvalue weighted by Gasteiger charge is 2.34. The Labute approximate surface area is 187 Å². The monoisotopic (exact) mass is 465 g/mol. The Bertz CT molecular complexity index is 1010. The second-order valence-electron chi connectivity index (χ2n) is 8.16. The van der Waals surface area contributed by atoms with Crippen molar-refractivity contribution in [1.82, 2.24) is 14.9 Å². The molecule has 1 aliphatic heterocycles. The second kappa shape index (κ2) is 10.3. The van der Waals surface area contributed by atoms with Gasteiger partial charge in [-0.05, 0) is 55.2 Å². The van der Waals surface area contributed by atoms with Crippen LogP contribution in [-0.4, -0.2) is 43.7 Å². The number of piperidine rings is 1. The summed E-state index contributed by atoms with van der Waals surface area (Å²) in [6, 6.07) is 7.45. The van der Waals surface area contributed by atoms with Crippen LogP contribution >= 0.6 is 0 Å². The Hall–Kier alpha value is -2.72. The Kier molecular flexibility index (Phi) is 7.68. The number of hydrogen-bond donors (Lipinski definition) is 2. The fraction of sp³-hybridized carbons (Fsp3) is 0.455. The Morgan fingerprint density at radius 3 is 2.38 bits per heavy atom. The van der Waals surface area contributed by atoms with Gasteiger partial charge in [-0.1, -0.05) is 13.8 Å². The molecule has 10 heteroatoms. The molecule has 0 saturated carbocycles. The summed E-state index contributed by atoms with van der Waals surface area (Å²) in [7, 11) is -3.74. The molecule has 1 aliphatic rings. The van der Waals surface area contributed by atoms with Gasteiger partial charge in [-0.25, -0.2) is 12.8 Å². The normalized spacial score (nSPS) is 16.6. The topological polar surface area (TPSA) is 109 Å². The van der Waals surface area contributed by atoms with Crippen molar-refractivity contribution in [3.63, 3.8) is 0 Å². The molecular weight excluding hydrogens is 437 g/mol. The zero-order valence-corrected chi connectivity index (χ0v) is 18.9. The van der Waals surface area contributed by atoms with Crippen LogP contribution in [0.15, 0.2) is 52.0 Å². The molecular formula is C22H28FN3O5S. The molecule has 2 heterocycles. The van der Waals surface area contributed by atoms with Gasteiger partial charge in [0.1, 0.15) is 17.6 Å². The Morgan fingerprint density at radius 1 is 1.16 bits per heavy atom. The van der Waals surface area contributed by atoms with Crippen LogP contribution in [0.4, 0.5) is 4.39 Å². The maximum atomic E-state index is 13.1. The molecule has 2 N–H and O–H groups in total. The molecule has 0 spiro atoms. The van der Waals surface area contributed by atoms with E-state index in [9.17, 15) is 22.4 Å². The first-order valence-corrected chi connectivity index (χ1v) is 12.0. The van der Waals surface area contributed by atoms with Crippen molar-refractivity contribution < 1.29 is 26.8 Å². The fourth-order valence-corrected chi connectivity index (χ4v) is 5.09. The molecule has 0 radical (unpaired) electrons. The second-order valence-corrected chi connectivity index (χ2v) is 10.1. The van der Waals surface area contributed by atoms with Crippen molar-refractivity contribution in [3.05, 3.63) is 54.2 Å². The third kappa shape index (κ3) is 5.74. The molecule has 8 nitrogen and oxygen atoms in total. The van der Waals surface area contributed by atoms with E-state index in [1.165, 1.54) is 22.7 Å². The summed E-state index contributed by atoms with van der Waals surface area (Å²) in [6.07, 6.45) is 2.20. The molecule has 3 rings (SSSR count). The molecule has 32 heavy (non-hydrogen) atoms. The number of furan rings is 1. The van der Waals surface area contributed by atoms with E-state index in [-0.39, 0.29) is 42.3 Å². The van der Waals surface area contributed by atoms with E-state index in [0.717, 1.165) is 12.1 Å². The maximum absolute atomic E-state index is 13.1.